The van der Waals surface area contributed by atoms with Gasteiger partial charge in [-0.15, -0.1) is 0 Å². The Morgan fingerprint density at radius 3 is 2.00 bits per heavy atom. The van der Waals surface area contributed by atoms with E-state index in [1.54, 1.807) is 36.4 Å². The van der Waals surface area contributed by atoms with Crippen LogP contribution in [0.5, 0.6) is 0 Å². The van der Waals surface area contributed by atoms with Crippen LogP contribution in [0, 0.1) is 25.2 Å². The summed E-state index contributed by atoms with van der Waals surface area (Å²) in [7, 11) is -3.75. The molecule has 0 fully saturated rings. The molecule has 2 aromatic carbocycles. The Balaban J connectivity index is 2.38. The Morgan fingerprint density at radius 2 is 1.52 bits per heavy atom. The highest BCUT2D eigenvalue weighted by Gasteiger charge is 2.23. The minimum Gasteiger partial charge on any atom is -0.207 e. The second kappa shape index (κ2) is 6.78. The van der Waals surface area contributed by atoms with Crippen LogP contribution in [0.3, 0.4) is 0 Å². The van der Waals surface area contributed by atoms with Gasteiger partial charge in [-0.3, -0.25) is 0 Å². The van der Waals surface area contributed by atoms with E-state index >= 15 is 0 Å². The summed E-state index contributed by atoms with van der Waals surface area (Å²) in [4.78, 5) is 0.158. The van der Waals surface area contributed by atoms with Gasteiger partial charge in [0.05, 0.1) is 17.0 Å². The molecular formula is C18H18N2O2S. The average Bonchev–Trinajstić information content (AvgIpc) is 2.53. The van der Waals surface area contributed by atoms with E-state index in [4.69, 9.17) is 5.26 Å². The van der Waals surface area contributed by atoms with Crippen LogP contribution < -0.4 is 4.72 Å². The van der Waals surface area contributed by atoms with Gasteiger partial charge in [0, 0.05) is 5.57 Å². The predicted molar refractivity (Wildman–Crippen MR) is 90.2 cm³/mol. The lowest BCUT2D eigenvalue weighted by Gasteiger charge is -2.18. The minimum absolute atomic E-state index is 0.143. The van der Waals surface area contributed by atoms with E-state index < -0.39 is 16.1 Å². The number of nitriles is 1. The van der Waals surface area contributed by atoms with Crippen LogP contribution in [-0.2, 0) is 10.0 Å². The summed E-state index contributed by atoms with van der Waals surface area (Å²) in [5.41, 5.74) is 2.85. The maximum Gasteiger partial charge on any atom is 0.241 e. The van der Waals surface area contributed by atoms with Gasteiger partial charge in [-0.05, 0) is 31.5 Å². The van der Waals surface area contributed by atoms with Crippen LogP contribution >= 0.6 is 0 Å². The lowest BCUT2D eigenvalue weighted by Crippen LogP contribution is -2.29. The molecule has 23 heavy (non-hydrogen) atoms. The fourth-order valence-corrected chi connectivity index (χ4v) is 3.32. The molecule has 1 N–H and O–H groups in total. The molecule has 0 radical (unpaired) electrons. The standard InChI is InChI=1S/C18H18N2O2S/c1-13-4-8-16(9-5-13)18(15(3)12-19)20-23(21,22)17-10-6-14(2)7-11-17/h4-11,18,20H,3H2,1-2H3. The van der Waals surface area contributed by atoms with Crippen LogP contribution in [0.1, 0.15) is 22.7 Å². The van der Waals surface area contributed by atoms with Crippen molar-refractivity contribution in [1.29, 1.82) is 5.26 Å². The number of sulfonamides is 1. The lowest BCUT2D eigenvalue weighted by molar-refractivity contribution is 0.572. The first kappa shape index (κ1) is 16.9. The fraction of sp³-hybridized carbons (Fsp3) is 0.167. The second-order valence-corrected chi connectivity index (χ2v) is 7.13. The van der Waals surface area contributed by atoms with E-state index in [2.05, 4.69) is 11.3 Å². The Morgan fingerprint density at radius 1 is 1.04 bits per heavy atom. The van der Waals surface area contributed by atoms with Gasteiger partial charge >= 0.3 is 0 Å². The number of nitrogens with one attached hydrogen (secondary N) is 1. The van der Waals surface area contributed by atoms with Crippen molar-refractivity contribution in [3.8, 4) is 6.07 Å². The van der Waals surface area contributed by atoms with Crippen molar-refractivity contribution in [3.63, 3.8) is 0 Å². The molecule has 2 aromatic rings. The van der Waals surface area contributed by atoms with Gasteiger partial charge in [0.15, 0.2) is 0 Å². The average molecular weight is 326 g/mol. The van der Waals surface area contributed by atoms with Crippen molar-refractivity contribution in [2.45, 2.75) is 24.8 Å². The van der Waals surface area contributed by atoms with Gasteiger partial charge in [0.1, 0.15) is 0 Å². The molecule has 118 valence electrons. The lowest BCUT2D eigenvalue weighted by atomic mass is 10.0. The smallest absolute Gasteiger partial charge is 0.207 e. The zero-order chi connectivity index (χ0) is 17.0. The zero-order valence-corrected chi connectivity index (χ0v) is 13.9. The molecule has 0 aromatic heterocycles. The van der Waals surface area contributed by atoms with E-state index in [-0.39, 0.29) is 10.5 Å². The molecular weight excluding hydrogens is 308 g/mol. The summed E-state index contributed by atoms with van der Waals surface area (Å²) in [6.07, 6.45) is 0. The Bertz CT molecular complexity index is 845. The minimum atomic E-state index is -3.75. The maximum atomic E-state index is 12.6. The number of hydrogen-bond acceptors (Lipinski definition) is 3. The molecule has 0 bridgehead atoms. The fourth-order valence-electron chi connectivity index (χ4n) is 2.10. The third-order valence-corrected chi connectivity index (χ3v) is 4.95. The highest BCUT2D eigenvalue weighted by molar-refractivity contribution is 7.89. The Kier molecular flexibility index (Phi) is 4.99. The number of benzene rings is 2. The summed E-state index contributed by atoms with van der Waals surface area (Å²) in [6, 6.07) is 15.0. The molecule has 0 aliphatic heterocycles. The van der Waals surface area contributed by atoms with Crippen molar-refractivity contribution in [1.82, 2.24) is 4.72 Å². The molecule has 4 nitrogen and oxygen atoms in total. The molecule has 0 aliphatic carbocycles. The monoisotopic (exact) mass is 326 g/mol. The zero-order valence-electron chi connectivity index (χ0n) is 13.1. The van der Waals surface area contributed by atoms with Gasteiger partial charge in [0.2, 0.25) is 10.0 Å². The third-order valence-electron chi connectivity index (χ3n) is 3.51. The van der Waals surface area contributed by atoms with Crippen molar-refractivity contribution >= 4 is 10.0 Å². The summed E-state index contributed by atoms with van der Waals surface area (Å²) >= 11 is 0. The van der Waals surface area contributed by atoms with Crippen LogP contribution in [0.4, 0.5) is 0 Å². The summed E-state index contributed by atoms with van der Waals surface area (Å²) < 4.78 is 27.7. The van der Waals surface area contributed by atoms with Crippen LogP contribution in [0.25, 0.3) is 0 Å². The molecule has 0 amide bonds. The quantitative estimate of drug-likeness (QED) is 0.856. The molecule has 2 rings (SSSR count). The number of hydrogen-bond donors (Lipinski definition) is 1. The Hall–Kier alpha value is -2.42. The van der Waals surface area contributed by atoms with Gasteiger partial charge in [-0.25, -0.2) is 8.42 Å². The van der Waals surface area contributed by atoms with Crippen LogP contribution in [0.2, 0.25) is 0 Å². The van der Waals surface area contributed by atoms with Gasteiger partial charge in [-0.1, -0.05) is 54.1 Å². The summed E-state index contributed by atoms with van der Waals surface area (Å²) in [5, 5.41) is 9.14. The van der Waals surface area contributed by atoms with E-state index in [0.29, 0.717) is 5.56 Å². The van der Waals surface area contributed by atoms with Gasteiger partial charge in [0.25, 0.3) is 0 Å². The maximum absolute atomic E-state index is 12.6. The van der Waals surface area contributed by atoms with Crippen molar-refractivity contribution in [2.24, 2.45) is 0 Å². The number of nitrogens with zero attached hydrogens (tertiary/aromatic N) is 1. The SMILES string of the molecule is C=C(C#N)C(NS(=O)(=O)c1ccc(C)cc1)c1ccc(C)cc1. The van der Waals surface area contributed by atoms with E-state index in [1.165, 1.54) is 0 Å². The first-order chi connectivity index (χ1) is 10.8. The van der Waals surface area contributed by atoms with E-state index in [0.717, 1.165) is 11.1 Å². The molecule has 0 aliphatic rings. The Labute approximate surface area is 137 Å². The molecule has 1 unspecified atom stereocenters. The van der Waals surface area contributed by atoms with Crippen molar-refractivity contribution < 1.29 is 8.42 Å². The molecule has 0 heterocycles. The van der Waals surface area contributed by atoms with Crippen molar-refractivity contribution in [3.05, 3.63) is 77.4 Å². The van der Waals surface area contributed by atoms with Crippen LogP contribution in [-0.4, -0.2) is 8.42 Å². The molecule has 0 saturated heterocycles. The third kappa shape index (κ3) is 4.07. The number of aryl methyl sites for hydroxylation is 2. The van der Waals surface area contributed by atoms with E-state index in [1.807, 2.05) is 32.0 Å². The first-order valence-electron chi connectivity index (χ1n) is 7.08. The van der Waals surface area contributed by atoms with E-state index in [9.17, 15) is 8.42 Å². The highest BCUT2D eigenvalue weighted by Crippen LogP contribution is 2.23. The van der Waals surface area contributed by atoms with Crippen LogP contribution in [0.15, 0.2) is 65.6 Å². The highest BCUT2D eigenvalue weighted by atomic mass is 32.2. The normalized spacial score (nSPS) is 12.4. The summed E-state index contributed by atoms with van der Waals surface area (Å²) in [6.45, 7) is 7.50. The number of rotatable bonds is 5. The molecule has 5 heteroatoms. The van der Waals surface area contributed by atoms with Gasteiger partial charge < -0.3 is 0 Å². The molecule has 0 spiro atoms. The first-order valence-corrected chi connectivity index (χ1v) is 8.56. The summed E-state index contributed by atoms with van der Waals surface area (Å²) in [5.74, 6) is 0. The van der Waals surface area contributed by atoms with Gasteiger partial charge in [-0.2, -0.15) is 9.98 Å². The molecule has 0 saturated carbocycles. The molecule has 1 atom stereocenters. The second-order valence-electron chi connectivity index (χ2n) is 5.42. The largest absolute Gasteiger partial charge is 0.241 e. The topological polar surface area (TPSA) is 70.0 Å². The van der Waals surface area contributed by atoms with Crippen molar-refractivity contribution in [2.75, 3.05) is 0 Å². The predicted octanol–water partition coefficient (Wildman–Crippen LogP) is 3.40.